The molecule has 0 aliphatic carbocycles. The molecule has 4 nitrogen and oxygen atoms in total. The van der Waals surface area contributed by atoms with Crippen molar-refractivity contribution in [2.75, 3.05) is 13.2 Å². The van der Waals surface area contributed by atoms with Crippen molar-refractivity contribution in [1.82, 2.24) is 10.2 Å². The Morgan fingerprint density at radius 2 is 1.89 bits per heavy atom. The lowest BCUT2D eigenvalue weighted by atomic mass is 9.81. The molecule has 1 fully saturated rings. The van der Waals surface area contributed by atoms with Gasteiger partial charge in [-0.2, -0.15) is 0 Å². The van der Waals surface area contributed by atoms with Crippen LogP contribution < -0.4 is 5.32 Å². The minimum absolute atomic E-state index is 0.143. The van der Waals surface area contributed by atoms with Crippen LogP contribution in [0, 0.1) is 5.41 Å². The van der Waals surface area contributed by atoms with E-state index < -0.39 is 18.3 Å². The molecule has 1 saturated heterocycles. The number of carbonyl (C=O) groups is 2. The molecule has 1 unspecified atom stereocenters. The number of nitrogens with one attached hydrogen (secondary N) is 1. The molecule has 104 valence electrons. The molecule has 0 saturated carbocycles. The number of amides is 2. The Balaban J connectivity index is 3.07. The van der Waals surface area contributed by atoms with E-state index in [0.29, 0.717) is 0 Å². The highest BCUT2D eigenvalue weighted by Gasteiger charge is 2.49. The normalized spacial score (nSPS) is 24.1. The second-order valence-corrected chi connectivity index (χ2v) is 6.42. The van der Waals surface area contributed by atoms with Crippen molar-refractivity contribution >= 4 is 11.8 Å². The Morgan fingerprint density at radius 1 is 1.33 bits per heavy atom. The van der Waals surface area contributed by atoms with Crippen LogP contribution in [-0.4, -0.2) is 41.5 Å². The lowest BCUT2D eigenvalue weighted by Crippen LogP contribution is -2.70. The van der Waals surface area contributed by atoms with Crippen molar-refractivity contribution in [2.24, 2.45) is 5.41 Å². The summed E-state index contributed by atoms with van der Waals surface area (Å²) < 4.78 is 12.4. The number of alkyl halides is 1. The summed E-state index contributed by atoms with van der Waals surface area (Å²) in [4.78, 5) is 26.0. The first-order chi connectivity index (χ1) is 8.11. The third-order valence-electron chi connectivity index (χ3n) is 3.14. The molecule has 0 aromatic carbocycles. The van der Waals surface area contributed by atoms with E-state index in [1.165, 1.54) is 4.90 Å². The van der Waals surface area contributed by atoms with Gasteiger partial charge in [0.2, 0.25) is 11.8 Å². The molecule has 0 bridgehead atoms. The van der Waals surface area contributed by atoms with Crippen LogP contribution in [-0.2, 0) is 9.59 Å². The van der Waals surface area contributed by atoms with Gasteiger partial charge in [-0.1, -0.05) is 20.8 Å². The molecule has 1 N–H and O–H groups in total. The number of hydrogen-bond donors (Lipinski definition) is 1. The zero-order valence-electron chi connectivity index (χ0n) is 11.8. The summed E-state index contributed by atoms with van der Waals surface area (Å²) >= 11 is 0. The van der Waals surface area contributed by atoms with Gasteiger partial charge in [0.25, 0.3) is 0 Å². The summed E-state index contributed by atoms with van der Waals surface area (Å²) in [5.74, 6) is -0.304. The van der Waals surface area contributed by atoms with E-state index >= 15 is 0 Å². The summed E-state index contributed by atoms with van der Waals surface area (Å²) in [6, 6.07) is -0.537. The van der Waals surface area contributed by atoms with Gasteiger partial charge in [-0.05, 0) is 25.7 Å². The van der Waals surface area contributed by atoms with Gasteiger partial charge in [0, 0.05) is 6.54 Å². The second kappa shape index (κ2) is 4.86. The monoisotopic (exact) mass is 258 g/mol. The molecule has 1 aliphatic heterocycles. The van der Waals surface area contributed by atoms with Crippen LogP contribution in [0.25, 0.3) is 0 Å². The first-order valence-corrected chi connectivity index (χ1v) is 6.30. The summed E-state index contributed by atoms with van der Waals surface area (Å²) in [6.07, 6.45) is 0.266. The minimum atomic E-state index is -0.908. The summed E-state index contributed by atoms with van der Waals surface area (Å²) in [7, 11) is 0. The minimum Gasteiger partial charge on any atom is -0.340 e. The van der Waals surface area contributed by atoms with Gasteiger partial charge in [0.05, 0.1) is 6.67 Å². The summed E-state index contributed by atoms with van der Waals surface area (Å²) in [5, 5.41) is 2.74. The predicted molar refractivity (Wildman–Crippen MR) is 67.8 cm³/mol. The number of rotatable bonds is 3. The maximum Gasteiger partial charge on any atom is 0.248 e. The lowest BCUT2D eigenvalue weighted by molar-refractivity contribution is -0.158. The molecule has 0 aromatic heterocycles. The van der Waals surface area contributed by atoms with E-state index in [1.54, 1.807) is 13.8 Å². The molecule has 5 heteroatoms. The van der Waals surface area contributed by atoms with Crippen LogP contribution >= 0.6 is 0 Å². The summed E-state index contributed by atoms with van der Waals surface area (Å²) in [5.41, 5.74) is -1.28. The highest BCUT2D eigenvalue weighted by molar-refractivity contribution is 5.99. The van der Waals surface area contributed by atoms with Crippen molar-refractivity contribution in [3.8, 4) is 0 Å². The average Bonchev–Trinajstić information content (AvgIpc) is 2.18. The SMILES string of the molecule is CC1(C)NC(=O)C(C(C)(C)C)N(CCCF)C1=O. The molecule has 1 atom stereocenters. The molecule has 18 heavy (non-hydrogen) atoms. The quantitative estimate of drug-likeness (QED) is 0.834. The second-order valence-electron chi connectivity index (χ2n) is 6.42. The van der Waals surface area contributed by atoms with E-state index in [2.05, 4.69) is 5.32 Å². The number of halogens is 1. The van der Waals surface area contributed by atoms with Crippen molar-refractivity contribution in [3.63, 3.8) is 0 Å². The van der Waals surface area contributed by atoms with Crippen LogP contribution in [0.15, 0.2) is 0 Å². The predicted octanol–water partition coefficient (Wildman–Crippen LogP) is 1.50. The molecule has 0 spiro atoms. The van der Waals surface area contributed by atoms with Gasteiger partial charge in [-0.3, -0.25) is 14.0 Å². The molecule has 1 aliphatic rings. The average molecular weight is 258 g/mol. The molecule has 0 aromatic rings. The number of nitrogens with zero attached hydrogens (tertiary/aromatic N) is 1. The number of piperazine rings is 1. The van der Waals surface area contributed by atoms with Crippen LogP contribution in [0.4, 0.5) is 4.39 Å². The van der Waals surface area contributed by atoms with Gasteiger partial charge in [-0.15, -0.1) is 0 Å². The van der Waals surface area contributed by atoms with Crippen LogP contribution in [0.5, 0.6) is 0 Å². The first kappa shape index (κ1) is 14.9. The molecule has 2 amide bonds. The fourth-order valence-corrected chi connectivity index (χ4v) is 2.37. The first-order valence-electron chi connectivity index (χ1n) is 6.30. The van der Waals surface area contributed by atoms with Crippen LogP contribution in [0.3, 0.4) is 0 Å². The third-order valence-corrected chi connectivity index (χ3v) is 3.14. The van der Waals surface area contributed by atoms with Crippen molar-refractivity contribution in [1.29, 1.82) is 0 Å². The molecule has 1 heterocycles. The van der Waals surface area contributed by atoms with Gasteiger partial charge >= 0.3 is 0 Å². The van der Waals surface area contributed by atoms with Gasteiger partial charge < -0.3 is 10.2 Å². The van der Waals surface area contributed by atoms with E-state index in [9.17, 15) is 14.0 Å². The van der Waals surface area contributed by atoms with E-state index in [1.807, 2.05) is 20.8 Å². The zero-order valence-corrected chi connectivity index (χ0v) is 11.8. The van der Waals surface area contributed by atoms with E-state index in [0.717, 1.165) is 0 Å². The van der Waals surface area contributed by atoms with Crippen molar-refractivity contribution in [3.05, 3.63) is 0 Å². The van der Waals surface area contributed by atoms with Gasteiger partial charge in [-0.25, -0.2) is 0 Å². The Bertz CT molecular complexity index is 347. The smallest absolute Gasteiger partial charge is 0.248 e. The van der Waals surface area contributed by atoms with Crippen LogP contribution in [0.1, 0.15) is 41.0 Å². The Hall–Kier alpha value is -1.13. The molecule has 0 radical (unpaired) electrons. The number of hydrogen-bond acceptors (Lipinski definition) is 2. The maximum atomic E-state index is 12.4. The largest absolute Gasteiger partial charge is 0.340 e. The van der Waals surface area contributed by atoms with E-state index in [4.69, 9.17) is 0 Å². The lowest BCUT2D eigenvalue weighted by Gasteiger charge is -2.47. The molecular weight excluding hydrogens is 235 g/mol. The highest BCUT2D eigenvalue weighted by Crippen LogP contribution is 2.30. The third kappa shape index (κ3) is 2.82. The topological polar surface area (TPSA) is 49.4 Å². The van der Waals surface area contributed by atoms with Crippen molar-refractivity contribution in [2.45, 2.75) is 52.6 Å². The fourth-order valence-electron chi connectivity index (χ4n) is 2.37. The Labute approximate surface area is 108 Å². The van der Waals surface area contributed by atoms with Gasteiger partial charge in [0.1, 0.15) is 11.6 Å². The van der Waals surface area contributed by atoms with E-state index in [-0.39, 0.29) is 30.2 Å². The fraction of sp³-hybridized carbons (Fsp3) is 0.846. The van der Waals surface area contributed by atoms with Crippen LogP contribution in [0.2, 0.25) is 0 Å². The highest BCUT2D eigenvalue weighted by atomic mass is 19.1. The Morgan fingerprint density at radius 3 is 2.33 bits per heavy atom. The summed E-state index contributed by atoms with van der Waals surface area (Å²) in [6.45, 7) is 8.88. The molecular formula is C13H23FN2O2. The Kier molecular flexibility index (Phi) is 4.03. The van der Waals surface area contributed by atoms with Crippen molar-refractivity contribution < 1.29 is 14.0 Å². The number of carbonyl (C=O) groups excluding carboxylic acids is 2. The van der Waals surface area contributed by atoms with Gasteiger partial charge in [0.15, 0.2) is 0 Å². The molecule has 1 rings (SSSR count). The maximum absolute atomic E-state index is 12.4. The zero-order chi connectivity index (χ0) is 14.1. The standard InChI is InChI=1S/C13H23FN2O2/c1-12(2,3)9-10(17)15-13(4,5)11(18)16(9)8-6-7-14/h9H,6-8H2,1-5H3,(H,15,17).